The molecule has 1 heterocycles. The van der Waals surface area contributed by atoms with Gasteiger partial charge in [0.1, 0.15) is 11.3 Å². The number of hydrogen-bond acceptors (Lipinski definition) is 5. The number of nitrogens with zero attached hydrogens (tertiary/aromatic N) is 1. The number of benzene rings is 1. The van der Waals surface area contributed by atoms with Crippen LogP contribution < -0.4 is 4.74 Å². The molecule has 0 amide bonds. The van der Waals surface area contributed by atoms with Gasteiger partial charge in [-0.25, -0.2) is 4.79 Å². The summed E-state index contributed by atoms with van der Waals surface area (Å²) < 4.78 is 5.13. The van der Waals surface area contributed by atoms with Crippen LogP contribution in [0.4, 0.5) is 0 Å². The van der Waals surface area contributed by atoms with Crippen LogP contribution in [0.3, 0.4) is 0 Å². The third-order valence-corrected chi connectivity index (χ3v) is 4.88. The molecule has 5 heteroatoms. The van der Waals surface area contributed by atoms with E-state index in [2.05, 4.69) is 27.7 Å². The van der Waals surface area contributed by atoms with Crippen LogP contribution in [0.15, 0.2) is 29.8 Å². The lowest BCUT2D eigenvalue weighted by Crippen LogP contribution is -2.59. The molecule has 1 aliphatic rings. The highest BCUT2D eigenvalue weighted by molar-refractivity contribution is 6.19. The third-order valence-electron chi connectivity index (χ3n) is 4.88. The van der Waals surface area contributed by atoms with Gasteiger partial charge in [0.2, 0.25) is 0 Å². The summed E-state index contributed by atoms with van der Waals surface area (Å²) in [7, 11) is 1.59. The molecule has 0 aliphatic carbocycles. The Kier molecular flexibility index (Phi) is 5.91. The Morgan fingerprint density at radius 1 is 1.04 bits per heavy atom. The number of hydrogen-bond donors (Lipinski definition) is 0. The summed E-state index contributed by atoms with van der Waals surface area (Å²) in [6.45, 7) is 9.61. The summed E-state index contributed by atoms with van der Waals surface area (Å²) in [5, 5.41) is 1.76. The molecule has 1 aromatic rings. The van der Waals surface area contributed by atoms with Crippen LogP contribution in [0.2, 0.25) is 0 Å². The van der Waals surface area contributed by atoms with Crippen LogP contribution in [-0.4, -0.2) is 35.0 Å². The van der Waals surface area contributed by atoms with Gasteiger partial charge in [-0.15, -0.1) is 5.06 Å². The highest BCUT2D eigenvalue weighted by Gasteiger charge is 2.44. The van der Waals surface area contributed by atoms with E-state index < -0.39 is 5.97 Å². The third kappa shape index (κ3) is 4.52. The second kappa shape index (κ2) is 7.62. The molecule has 0 atom stereocenters. The van der Waals surface area contributed by atoms with Crippen LogP contribution in [0, 0.1) is 0 Å². The molecule has 5 nitrogen and oxygen atoms in total. The van der Waals surface area contributed by atoms with Gasteiger partial charge in [0.25, 0.3) is 0 Å². The van der Waals surface area contributed by atoms with Gasteiger partial charge in [-0.1, -0.05) is 12.1 Å². The second-order valence-corrected chi connectivity index (χ2v) is 8.04. The molecule has 0 radical (unpaired) electrons. The van der Waals surface area contributed by atoms with Gasteiger partial charge in [-0.3, -0.25) is 4.79 Å². The fraction of sp³-hybridized carbons (Fsp3) is 0.524. The number of carbonyl (C=O) groups excluding carboxylic acids is 2. The maximum atomic E-state index is 12.8. The van der Waals surface area contributed by atoms with Crippen LogP contribution in [0.25, 0.3) is 6.08 Å². The summed E-state index contributed by atoms with van der Waals surface area (Å²) in [5.41, 5.74) is 0.219. The van der Waals surface area contributed by atoms with Gasteiger partial charge in [-0.2, -0.15) is 0 Å². The molecule has 0 aromatic heterocycles. The van der Waals surface area contributed by atoms with Crippen molar-refractivity contribution in [1.29, 1.82) is 0 Å². The van der Waals surface area contributed by atoms with Crippen molar-refractivity contribution in [1.82, 2.24) is 5.06 Å². The first kappa shape index (κ1) is 20.2. The van der Waals surface area contributed by atoms with E-state index in [1.807, 2.05) is 0 Å². The highest BCUT2D eigenvalue weighted by atomic mass is 16.7. The van der Waals surface area contributed by atoms with Crippen molar-refractivity contribution >= 4 is 17.8 Å². The van der Waals surface area contributed by atoms with Crippen molar-refractivity contribution in [3.63, 3.8) is 0 Å². The SMILES string of the molecule is COc1ccc(/C=C(\C(C)=O)C(=O)ON2C(C)(C)CCCC2(C)C)cc1. The number of hydroxylamine groups is 2. The number of ether oxygens (including phenoxy) is 1. The van der Waals surface area contributed by atoms with Crippen molar-refractivity contribution < 1.29 is 19.2 Å². The monoisotopic (exact) mass is 359 g/mol. The lowest BCUT2D eigenvalue weighted by molar-refractivity contribution is -0.262. The summed E-state index contributed by atoms with van der Waals surface area (Å²) in [6.07, 6.45) is 4.51. The number of ketones is 1. The van der Waals surface area contributed by atoms with E-state index in [9.17, 15) is 9.59 Å². The summed E-state index contributed by atoms with van der Waals surface area (Å²) >= 11 is 0. The first-order chi connectivity index (χ1) is 12.1. The Balaban J connectivity index is 2.27. The maximum absolute atomic E-state index is 12.8. The molecular weight excluding hydrogens is 330 g/mol. The Morgan fingerprint density at radius 2 is 1.58 bits per heavy atom. The first-order valence-corrected chi connectivity index (χ1v) is 8.96. The predicted octanol–water partition coefficient (Wildman–Crippen LogP) is 4.17. The minimum atomic E-state index is -0.614. The fourth-order valence-electron chi connectivity index (χ4n) is 3.53. The van der Waals surface area contributed by atoms with Gasteiger partial charge in [-0.05, 0) is 77.7 Å². The van der Waals surface area contributed by atoms with Gasteiger partial charge in [0.15, 0.2) is 5.78 Å². The number of methoxy groups -OCH3 is 1. The van der Waals surface area contributed by atoms with Gasteiger partial charge in [0, 0.05) is 0 Å². The normalized spacial score (nSPS) is 19.7. The lowest BCUT2D eigenvalue weighted by Gasteiger charge is -2.50. The van der Waals surface area contributed by atoms with Gasteiger partial charge < -0.3 is 9.57 Å². The van der Waals surface area contributed by atoms with E-state index in [-0.39, 0.29) is 22.4 Å². The van der Waals surface area contributed by atoms with Crippen LogP contribution in [0.1, 0.15) is 59.4 Å². The van der Waals surface area contributed by atoms with E-state index in [4.69, 9.17) is 9.57 Å². The van der Waals surface area contributed by atoms with Crippen molar-refractivity contribution in [2.45, 2.75) is 65.0 Å². The van der Waals surface area contributed by atoms with Crippen LogP contribution in [-0.2, 0) is 14.4 Å². The average molecular weight is 359 g/mol. The van der Waals surface area contributed by atoms with Crippen molar-refractivity contribution in [3.8, 4) is 5.75 Å². The summed E-state index contributed by atoms with van der Waals surface area (Å²) in [4.78, 5) is 30.6. The molecule has 1 fully saturated rings. The topological polar surface area (TPSA) is 55.8 Å². The standard InChI is InChI=1S/C21H29NO4/c1-15(23)18(14-16-8-10-17(25-6)11-9-16)19(24)26-22-20(2,3)12-7-13-21(22,4)5/h8-11,14H,7,12-13H2,1-6H3/b18-14+. The highest BCUT2D eigenvalue weighted by Crippen LogP contribution is 2.38. The zero-order valence-electron chi connectivity index (χ0n) is 16.6. The zero-order valence-corrected chi connectivity index (χ0v) is 16.6. The first-order valence-electron chi connectivity index (χ1n) is 8.96. The summed E-state index contributed by atoms with van der Waals surface area (Å²) in [5.74, 6) is -0.222. The van der Waals surface area contributed by atoms with Crippen molar-refractivity contribution in [3.05, 3.63) is 35.4 Å². The molecular formula is C21H29NO4. The van der Waals surface area contributed by atoms with Gasteiger partial charge >= 0.3 is 5.97 Å². The number of carbonyl (C=O) groups is 2. The Bertz CT molecular complexity index is 685. The molecule has 0 bridgehead atoms. The van der Waals surface area contributed by atoms with Crippen molar-refractivity contribution in [2.75, 3.05) is 7.11 Å². The molecule has 142 valence electrons. The molecule has 1 saturated heterocycles. The molecule has 0 saturated carbocycles. The average Bonchev–Trinajstić information content (AvgIpc) is 2.55. The Labute approximate surface area is 155 Å². The second-order valence-electron chi connectivity index (χ2n) is 8.04. The zero-order chi connectivity index (χ0) is 19.5. The molecule has 0 unspecified atom stereocenters. The maximum Gasteiger partial charge on any atom is 0.360 e. The minimum Gasteiger partial charge on any atom is -0.497 e. The minimum absolute atomic E-state index is 0.0346. The smallest absolute Gasteiger partial charge is 0.360 e. The van der Waals surface area contributed by atoms with E-state index in [0.29, 0.717) is 5.75 Å². The number of Topliss-reactive ketones (excluding diaryl/α,β-unsaturated/α-hetero) is 1. The van der Waals surface area contributed by atoms with Crippen LogP contribution in [0.5, 0.6) is 5.75 Å². The molecule has 1 aromatic carbocycles. The molecule has 0 spiro atoms. The molecule has 2 rings (SSSR count). The summed E-state index contributed by atoms with van der Waals surface area (Å²) in [6, 6.07) is 7.16. The number of piperidine rings is 1. The number of rotatable bonds is 5. The molecule has 0 N–H and O–H groups in total. The largest absolute Gasteiger partial charge is 0.497 e. The lowest BCUT2D eigenvalue weighted by atomic mass is 9.82. The Hall–Kier alpha value is -2.14. The van der Waals surface area contributed by atoms with E-state index in [1.54, 1.807) is 42.5 Å². The Morgan fingerprint density at radius 3 is 2.04 bits per heavy atom. The van der Waals surface area contributed by atoms with Gasteiger partial charge in [0.05, 0.1) is 18.2 Å². The molecule has 1 aliphatic heterocycles. The quantitative estimate of drug-likeness (QED) is 0.449. The van der Waals surface area contributed by atoms with E-state index in [1.165, 1.54) is 6.92 Å². The molecule has 26 heavy (non-hydrogen) atoms. The van der Waals surface area contributed by atoms with E-state index in [0.717, 1.165) is 24.8 Å². The van der Waals surface area contributed by atoms with Crippen molar-refractivity contribution in [2.24, 2.45) is 0 Å². The predicted molar refractivity (Wildman–Crippen MR) is 102 cm³/mol. The van der Waals surface area contributed by atoms with Crippen LogP contribution >= 0.6 is 0 Å². The van der Waals surface area contributed by atoms with E-state index >= 15 is 0 Å². The fourth-order valence-corrected chi connectivity index (χ4v) is 3.53.